The monoisotopic (exact) mass is 562 g/mol. The van der Waals surface area contributed by atoms with Crippen molar-refractivity contribution in [2.45, 2.75) is 86.4 Å². The van der Waals surface area contributed by atoms with Crippen LogP contribution in [0.5, 0.6) is 0 Å². The van der Waals surface area contributed by atoms with Crippen LogP contribution in [-0.4, -0.2) is 11.3 Å². The van der Waals surface area contributed by atoms with Crippen LogP contribution >= 0.6 is 18.5 Å². The molecule has 3 aromatic rings. The Balaban J connectivity index is 1.34. The highest BCUT2D eigenvalue weighted by molar-refractivity contribution is 7.18. The summed E-state index contributed by atoms with van der Waals surface area (Å²) in [6.07, 6.45) is 14.6. The SMILES string of the molecule is PC1C2CC3CC(C2)CC1(c1cc(-c2ccccc2)c(-c2ccccc2)cc1C12CC4CC(CC(C4)C1P)C2)C3. The van der Waals surface area contributed by atoms with Crippen LogP contribution in [0, 0.1) is 35.5 Å². The second-order valence-electron chi connectivity index (χ2n) is 15.3. The summed E-state index contributed by atoms with van der Waals surface area (Å²) >= 11 is 0. The second-order valence-corrected chi connectivity index (χ2v) is 16.7. The molecular weight excluding hydrogens is 518 g/mol. The fourth-order valence-corrected chi connectivity index (χ4v) is 13.6. The first-order chi connectivity index (χ1) is 19.5. The molecule has 3 aromatic carbocycles. The van der Waals surface area contributed by atoms with Crippen LogP contribution < -0.4 is 0 Å². The maximum Gasteiger partial charge on any atom is 0.00268 e. The summed E-state index contributed by atoms with van der Waals surface area (Å²) in [5.41, 5.74) is 11.4. The van der Waals surface area contributed by atoms with E-state index in [0.29, 0.717) is 10.8 Å². The predicted molar refractivity (Wildman–Crippen MR) is 175 cm³/mol. The molecule has 0 heterocycles. The van der Waals surface area contributed by atoms with E-state index in [1.165, 1.54) is 86.5 Å². The van der Waals surface area contributed by atoms with Crippen LogP contribution in [0.3, 0.4) is 0 Å². The molecule has 2 heteroatoms. The molecule has 8 aliphatic carbocycles. The lowest BCUT2D eigenvalue weighted by molar-refractivity contribution is -0.0105. The molecule has 8 unspecified atom stereocenters. The van der Waals surface area contributed by atoms with Crippen LogP contribution in [0.1, 0.15) is 75.3 Å². The average Bonchev–Trinajstić information content (AvgIpc) is 2.98. The predicted octanol–water partition coefficient (Wildman–Crippen LogP) is 9.66. The van der Waals surface area contributed by atoms with E-state index in [1.54, 1.807) is 11.1 Å². The molecule has 0 N–H and O–H groups in total. The Labute approximate surface area is 245 Å². The van der Waals surface area contributed by atoms with E-state index in [9.17, 15) is 0 Å². The summed E-state index contributed by atoms with van der Waals surface area (Å²) < 4.78 is 0. The molecule has 0 aliphatic heterocycles. The van der Waals surface area contributed by atoms with Gasteiger partial charge in [-0.15, -0.1) is 18.5 Å². The fourth-order valence-electron chi connectivity index (χ4n) is 12.1. The van der Waals surface area contributed by atoms with Crippen LogP contribution in [0.4, 0.5) is 0 Å². The molecule has 0 spiro atoms. The number of hydrogen-bond acceptors (Lipinski definition) is 0. The molecule has 0 aromatic heterocycles. The molecule has 0 nitrogen and oxygen atoms in total. The summed E-state index contributed by atoms with van der Waals surface area (Å²) in [5.74, 6) is 5.58. The van der Waals surface area contributed by atoms with Gasteiger partial charge in [0, 0.05) is 10.8 Å². The zero-order chi connectivity index (χ0) is 26.6. The summed E-state index contributed by atoms with van der Waals surface area (Å²) in [7, 11) is 6.95. The third-order valence-electron chi connectivity index (χ3n) is 13.2. The highest BCUT2D eigenvalue weighted by Crippen LogP contribution is 2.68. The zero-order valence-electron chi connectivity index (χ0n) is 23.8. The highest BCUT2D eigenvalue weighted by Gasteiger charge is 2.61. The Morgan fingerprint density at radius 3 is 1.18 bits per heavy atom. The number of hydrogen-bond donors (Lipinski definition) is 0. The van der Waals surface area contributed by atoms with Gasteiger partial charge in [-0.3, -0.25) is 0 Å². The lowest BCUT2D eigenvalue weighted by Crippen LogP contribution is -2.59. The van der Waals surface area contributed by atoms with Gasteiger partial charge < -0.3 is 0 Å². The van der Waals surface area contributed by atoms with Gasteiger partial charge >= 0.3 is 0 Å². The van der Waals surface area contributed by atoms with Crippen LogP contribution in [0.15, 0.2) is 72.8 Å². The molecule has 8 aliphatic rings. The van der Waals surface area contributed by atoms with E-state index < -0.39 is 0 Å². The Bertz CT molecular complexity index is 1300. The van der Waals surface area contributed by atoms with E-state index in [2.05, 4.69) is 91.3 Å². The van der Waals surface area contributed by atoms with E-state index >= 15 is 0 Å². The topological polar surface area (TPSA) is 0 Å². The van der Waals surface area contributed by atoms with Gasteiger partial charge in [0.2, 0.25) is 0 Å². The molecule has 0 saturated heterocycles. The molecule has 206 valence electrons. The van der Waals surface area contributed by atoms with E-state index in [4.69, 9.17) is 0 Å². The molecule has 40 heavy (non-hydrogen) atoms. The average molecular weight is 563 g/mol. The Hall–Kier alpha value is -1.48. The number of rotatable bonds is 4. The van der Waals surface area contributed by atoms with Crippen molar-refractivity contribution in [3.63, 3.8) is 0 Å². The minimum atomic E-state index is 0.335. The largest absolute Gasteiger partial charge is 0.133 e. The summed E-state index contributed by atoms with van der Waals surface area (Å²) in [6.45, 7) is 0. The first kappa shape index (κ1) is 25.1. The molecule has 0 amide bonds. The number of benzene rings is 3. The first-order valence-corrected chi connectivity index (χ1v) is 17.7. The smallest absolute Gasteiger partial charge is 0.00268 e. The molecule has 8 saturated carbocycles. The van der Waals surface area contributed by atoms with E-state index in [0.717, 1.165) is 46.8 Å². The molecular formula is C38H44P2. The van der Waals surface area contributed by atoms with Gasteiger partial charge in [-0.25, -0.2) is 0 Å². The Morgan fingerprint density at radius 1 is 0.475 bits per heavy atom. The van der Waals surface area contributed by atoms with Crippen molar-refractivity contribution in [2.24, 2.45) is 35.5 Å². The van der Waals surface area contributed by atoms with Crippen molar-refractivity contribution in [1.82, 2.24) is 0 Å². The fraction of sp³-hybridized carbons (Fsp3) is 0.526. The Kier molecular flexibility index (Phi) is 5.64. The zero-order valence-corrected chi connectivity index (χ0v) is 26.1. The molecule has 8 fully saturated rings. The van der Waals surface area contributed by atoms with Crippen LogP contribution in [0.25, 0.3) is 22.3 Å². The summed E-state index contributed by atoms with van der Waals surface area (Å²) in [6, 6.07) is 28.3. The van der Waals surface area contributed by atoms with Crippen molar-refractivity contribution in [2.75, 3.05) is 0 Å². The first-order valence-electron chi connectivity index (χ1n) is 16.3. The standard InChI is InChI=1S/C38H44P2/c39-35-29-13-23-11-24(14-29)20-37(35,19-23)33-17-31(27-7-3-1-4-8-27)32(28-9-5-2-6-10-28)18-34(33)38-21-25-12-26(22-38)16-30(15-25)36(38)40/h1-10,17-18,23-26,29-30,35-36H,11-16,19-22,39-40H2. The third-order valence-corrected chi connectivity index (χ3v) is 15.5. The highest BCUT2D eigenvalue weighted by atomic mass is 31.0. The summed E-state index contributed by atoms with van der Waals surface area (Å²) in [4.78, 5) is 0. The maximum atomic E-state index is 3.48. The molecule has 8 atom stereocenters. The van der Waals surface area contributed by atoms with Crippen molar-refractivity contribution < 1.29 is 0 Å². The Morgan fingerprint density at radius 2 is 0.825 bits per heavy atom. The van der Waals surface area contributed by atoms with Crippen LogP contribution in [0.2, 0.25) is 0 Å². The van der Waals surface area contributed by atoms with Gasteiger partial charge in [0.25, 0.3) is 0 Å². The second kappa shape index (κ2) is 9.01. The van der Waals surface area contributed by atoms with Gasteiger partial charge in [0.15, 0.2) is 0 Å². The van der Waals surface area contributed by atoms with Gasteiger partial charge in [-0.1, -0.05) is 60.7 Å². The van der Waals surface area contributed by atoms with Gasteiger partial charge in [0.05, 0.1) is 0 Å². The van der Waals surface area contributed by atoms with Crippen molar-refractivity contribution in [1.29, 1.82) is 0 Å². The lowest BCUT2D eigenvalue weighted by Gasteiger charge is -2.64. The van der Waals surface area contributed by atoms with Gasteiger partial charge in [-0.05, 0) is 157 Å². The lowest BCUT2D eigenvalue weighted by atomic mass is 9.43. The van der Waals surface area contributed by atoms with Gasteiger partial charge in [0.1, 0.15) is 0 Å². The van der Waals surface area contributed by atoms with Crippen molar-refractivity contribution in [3.05, 3.63) is 83.9 Å². The summed E-state index contributed by atoms with van der Waals surface area (Å²) in [5, 5.41) is 0. The van der Waals surface area contributed by atoms with Crippen molar-refractivity contribution >= 4 is 18.5 Å². The minimum Gasteiger partial charge on any atom is -0.133 e. The minimum absolute atomic E-state index is 0.335. The quantitative estimate of drug-likeness (QED) is 0.278. The van der Waals surface area contributed by atoms with Crippen molar-refractivity contribution in [3.8, 4) is 22.3 Å². The molecule has 8 bridgehead atoms. The third kappa shape index (κ3) is 3.51. The molecule has 11 rings (SSSR count). The normalized spacial score (nSPS) is 42.5. The van der Waals surface area contributed by atoms with E-state index in [-0.39, 0.29) is 0 Å². The van der Waals surface area contributed by atoms with Gasteiger partial charge in [-0.2, -0.15) is 0 Å². The van der Waals surface area contributed by atoms with Crippen LogP contribution in [-0.2, 0) is 10.8 Å². The molecule has 0 radical (unpaired) electrons. The van der Waals surface area contributed by atoms with E-state index in [1.807, 2.05) is 0 Å². The maximum absolute atomic E-state index is 3.48.